The highest BCUT2D eigenvalue weighted by atomic mass is 15.3. The van der Waals surface area contributed by atoms with Crippen molar-refractivity contribution in [3.63, 3.8) is 0 Å². The van der Waals surface area contributed by atoms with Gasteiger partial charge in [-0.1, -0.05) is 6.07 Å². The summed E-state index contributed by atoms with van der Waals surface area (Å²) in [6.45, 7) is 0. The molecule has 0 unspecified atom stereocenters. The molecule has 24 heavy (non-hydrogen) atoms. The predicted octanol–water partition coefficient (Wildman–Crippen LogP) is 2.68. The van der Waals surface area contributed by atoms with Crippen LogP contribution in [0, 0.1) is 11.3 Å². The summed E-state index contributed by atoms with van der Waals surface area (Å²) in [6, 6.07) is 10.2. The molecule has 0 aliphatic heterocycles. The molecule has 3 aromatic rings. The van der Waals surface area contributed by atoms with Gasteiger partial charge in [0, 0.05) is 25.0 Å². The second-order valence-electron chi connectivity index (χ2n) is 6.13. The Bertz CT molecular complexity index is 927. The minimum absolute atomic E-state index is 0.300. The third kappa shape index (κ3) is 2.22. The quantitative estimate of drug-likeness (QED) is 0.801. The zero-order chi connectivity index (χ0) is 16.7. The van der Waals surface area contributed by atoms with Crippen LogP contribution in [0.25, 0.3) is 22.5 Å². The molecule has 3 aromatic heterocycles. The van der Waals surface area contributed by atoms with Gasteiger partial charge >= 0.3 is 0 Å². The molecule has 0 radical (unpaired) electrons. The number of hydrogen-bond donors (Lipinski definition) is 1. The van der Waals surface area contributed by atoms with Crippen LogP contribution in [0.4, 0.5) is 5.82 Å². The summed E-state index contributed by atoms with van der Waals surface area (Å²) in [5.74, 6) is 0.587. The summed E-state index contributed by atoms with van der Waals surface area (Å²) in [6.07, 6.45) is 7.14. The van der Waals surface area contributed by atoms with E-state index < -0.39 is 0 Å². The maximum atomic E-state index is 9.25. The van der Waals surface area contributed by atoms with Crippen LogP contribution in [-0.4, -0.2) is 19.7 Å². The highest BCUT2D eigenvalue weighted by molar-refractivity contribution is 5.72. The number of nitrogens with two attached hydrogens (primary N) is 1. The topological polar surface area (TPSA) is 93.4 Å². The summed E-state index contributed by atoms with van der Waals surface area (Å²) in [5, 5.41) is 13.4. The maximum absolute atomic E-state index is 9.25. The number of aromatic nitrogens is 4. The summed E-state index contributed by atoms with van der Waals surface area (Å²) in [7, 11) is 1.80. The molecule has 4 rings (SSSR count). The molecule has 3 heterocycles. The Balaban J connectivity index is 1.61. The van der Waals surface area contributed by atoms with Gasteiger partial charge in [0.2, 0.25) is 0 Å². The number of nitrogens with zero attached hydrogens (tertiary/aromatic N) is 5. The van der Waals surface area contributed by atoms with Crippen molar-refractivity contribution < 1.29 is 0 Å². The minimum atomic E-state index is -0.300. The molecule has 0 aromatic carbocycles. The first-order chi connectivity index (χ1) is 11.6. The molecule has 6 heteroatoms. The first kappa shape index (κ1) is 14.4. The fraction of sp³-hybridized carbons (Fsp3) is 0.222. The van der Waals surface area contributed by atoms with Gasteiger partial charge in [0.1, 0.15) is 5.82 Å². The molecule has 0 bridgehead atoms. The van der Waals surface area contributed by atoms with Crippen LogP contribution in [0.1, 0.15) is 18.4 Å². The normalized spacial score (nSPS) is 15.0. The number of pyridine rings is 2. The maximum Gasteiger partial charge on any atom is 0.130 e. The number of rotatable bonds is 3. The number of anilines is 1. The second-order valence-corrected chi connectivity index (χ2v) is 6.13. The van der Waals surface area contributed by atoms with Crippen LogP contribution in [0.5, 0.6) is 0 Å². The largest absolute Gasteiger partial charge is 0.383 e. The van der Waals surface area contributed by atoms with Crippen LogP contribution < -0.4 is 5.73 Å². The van der Waals surface area contributed by atoms with Crippen molar-refractivity contribution >= 4 is 5.82 Å². The molecule has 0 spiro atoms. The van der Waals surface area contributed by atoms with Crippen LogP contribution in [-0.2, 0) is 12.5 Å². The van der Waals surface area contributed by atoms with Crippen molar-refractivity contribution in [2.24, 2.45) is 7.05 Å². The SMILES string of the molecule is Cn1ncc(-c2ccc(-c3ccc(C4(C#N)CC4)cn3)cn2)c1N. The summed E-state index contributed by atoms with van der Waals surface area (Å²) in [5.41, 5.74) is 10.0. The van der Waals surface area contributed by atoms with Gasteiger partial charge in [0.15, 0.2) is 0 Å². The molecular weight excluding hydrogens is 300 g/mol. The van der Waals surface area contributed by atoms with Crippen LogP contribution >= 0.6 is 0 Å². The standard InChI is InChI=1S/C18H16N6/c1-24-17(20)14(10-23-24)16-4-2-12(8-21-16)15-5-3-13(9-22-15)18(11-19)6-7-18/h2-5,8-10H,6-7,20H2,1H3. The molecule has 1 fully saturated rings. The molecule has 6 nitrogen and oxygen atoms in total. The third-order valence-corrected chi connectivity index (χ3v) is 4.60. The van der Waals surface area contributed by atoms with Crippen molar-refractivity contribution in [3.05, 3.63) is 48.4 Å². The Kier molecular flexibility index (Phi) is 3.10. The zero-order valence-corrected chi connectivity index (χ0v) is 13.3. The first-order valence-corrected chi connectivity index (χ1v) is 7.75. The van der Waals surface area contributed by atoms with Gasteiger partial charge in [-0.2, -0.15) is 10.4 Å². The summed E-state index contributed by atoms with van der Waals surface area (Å²) < 4.78 is 1.62. The molecule has 1 saturated carbocycles. The van der Waals surface area contributed by atoms with E-state index >= 15 is 0 Å². The van der Waals surface area contributed by atoms with E-state index in [0.717, 1.165) is 40.9 Å². The van der Waals surface area contributed by atoms with Gasteiger partial charge < -0.3 is 5.73 Å². The Labute approximate surface area is 139 Å². The van der Waals surface area contributed by atoms with Crippen molar-refractivity contribution in [3.8, 4) is 28.6 Å². The summed E-state index contributed by atoms with van der Waals surface area (Å²) in [4.78, 5) is 8.97. The Morgan fingerprint density at radius 3 is 2.33 bits per heavy atom. The number of nitrogen functional groups attached to an aromatic ring is 1. The highest BCUT2D eigenvalue weighted by Crippen LogP contribution is 2.47. The lowest BCUT2D eigenvalue weighted by atomic mass is 9.99. The monoisotopic (exact) mass is 316 g/mol. The third-order valence-electron chi connectivity index (χ3n) is 4.60. The number of nitriles is 1. The average Bonchev–Trinajstić information content (AvgIpc) is 3.37. The van der Waals surface area contributed by atoms with Gasteiger partial charge in [0.25, 0.3) is 0 Å². The van der Waals surface area contributed by atoms with Gasteiger partial charge in [-0.15, -0.1) is 0 Å². The van der Waals surface area contributed by atoms with Gasteiger partial charge in [-0.25, -0.2) is 0 Å². The van der Waals surface area contributed by atoms with E-state index in [1.807, 2.05) is 24.3 Å². The molecule has 1 aliphatic carbocycles. The van der Waals surface area contributed by atoms with E-state index in [4.69, 9.17) is 5.73 Å². The number of hydrogen-bond acceptors (Lipinski definition) is 5. The van der Waals surface area contributed by atoms with Gasteiger partial charge in [0.05, 0.1) is 34.6 Å². The predicted molar refractivity (Wildman–Crippen MR) is 90.6 cm³/mol. The van der Waals surface area contributed by atoms with E-state index in [0.29, 0.717) is 5.82 Å². The fourth-order valence-electron chi connectivity index (χ4n) is 2.79. The van der Waals surface area contributed by atoms with Crippen LogP contribution in [0.3, 0.4) is 0 Å². The number of aryl methyl sites for hydroxylation is 1. The first-order valence-electron chi connectivity index (χ1n) is 7.75. The van der Waals surface area contributed by atoms with E-state index in [1.54, 1.807) is 30.3 Å². The molecular formula is C18H16N6. The van der Waals surface area contributed by atoms with E-state index in [2.05, 4.69) is 21.1 Å². The van der Waals surface area contributed by atoms with Crippen LogP contribution in [0.15, 0.2) is 42.9 Å². The molecule has 0 saturated heterocycles. The smallest absolute Gasteiger partial charge is 0.130 e. The molecule has 1 aliphatic rings. The summed E-state index contributed by atoms with van der Waals surface area (Å²) >= 11 is 0. The second kappa shape index (κ2) is 5.17. The zero-order valence-electron chi connectivity index (χ0n) is 13.3. The van der Waals surface area contributed by atoms with E-state index in [9.17, 15) is 5.26 Å². The van der Waals surface area contributed by atoms with E-state index in [1.165, 1.54) is 0 Å². The van der Waals surface area contributed by atoms with Crippen molar-refractivity contribution in [2.75, 3.05) is 5.73 Å². The molecule has 118 valence electrons. The lowest BCUT2D eigenvalue weighted by Crippen LogP contribution is -2.03. The molecule has 2 N–H and O–H groups in total. The lowest BCUT2D eigenvalue weighted by Gasteiger charge is -2.07. The Morgan fingerprint density at radius 1 is 1.08 bits per heavy atom. The Morgan fingerprint density at radius 2 is 1.83 bits per heavy atom. The average molecular weight is 316 g/mol. The van der Waals surface area contributed by atoms with Gasteiger partial charge in [-0.05, 0) is 36.6 Å². The van der Waals surface area contributed by atoms with Crippen molar-refractivity contribution in [2.45, 2.75) is 18.3 Å². The van der Waals surface area contributed by atoms with Crippen LogP contribution in [0.2, 0.25) is 0 Å². The Hall–Kier alpha value is -3.20. The molecule has 0 amide bonds. The van der Waals surface area contributed by atoms with Crippen molar-refractivity contribution in [1.82, 2.24) is 19.7 Å². The fourth-order valence-corrected chi connectivity index (χ4v) is 2.79. The lowest BCUT2D eigenvalue weighted by molar-refractivity contribution is 0.779. The van der Waals surface area contributed by atoms with Crippen molar-refractivity contribution in [1.29, 1.82) is 5.26 Å². The van der Waals surface area contributed by atoms with E-state index in [-0.39, 0.29) is 5.41 Å². The highest BCUT2D eigenvalue weighted by Gasteiger charge is 2.45. The minimum Gasteiger partial charge on any atom is -0.383 e. The van der Waals surface area contributed by atoms with Gasteiger partial charge in [-0.3, -0.25) is 14.6 Å². The molecule has 0 atom stereocenters.